The maximum atomic E-state index is 6.68. The fourth-order valence-corrected chi connectivity index (χ4v) is 8.13. The quantitative estimate of drug-likeness (QED) is 0.168. The van der Waals surface area contributed by atoms with Crippen molar-refractivity contribution in [3.8, 4) is 56.0 Å². The minimum absolute atomic E-state index is 0.674. The van der Waals surface area contributed by atoms with E-state index < -0.39 is 0 Å². The fourth-order valence-electron chi connectivity index (χ4n) is 8.13. The molecule has 0 amide bonds. The van der Waals surface area contributed by atoms with Gasteiger partial charge < -0.3 is 4.42 Å². The highest BCUT2D eigenvalue weighted by Gasteiger charge is 2.19. The van der Waals surface area contributed by atoms with Crippen LogP contribution in [0, 0.1) is 0 Å². The summed E-state index contributed by atoms with van der Waals surface area (Å²) in [5, 5.41) is 8.66. The van der Waals surface area contributed by atoms with Gasteiger partial charge in [0.25, 0.3) is 0 Å². The van der Waals surface area contributed by atoms with E-state index in [0.717, 1.165) is 50.0 Å². The Morgan fingerprint density at radius 3 is 1.31 bits per heavy atom. The number of furan rings is 1. The first-order valence-corrected chi connectivity index (χ1v) is 18.6. The van der Waals surface area contributed by atoms with Crippen molar-refractivity contribution in [2.45, 2.75) is 0 Å². The molecule has 55 heavy (non-hydrogen) atoms. The largest absolute Gasteiger partial charge is 0.452 e. The lowest BCUT2D eigenvalue weighted by Crippen LogP contribution is -1.93. The van der Waals surface area contributed by atoms with Gasteiger partial charge in [-0.1, -0.05) is 176 Å². The summed E-state index contributed by atoms with van der Waals surface area (Å²) in [5.74, 6) is 0.674. The Labute approximate surface area is 317 Å². The number of nitrogens with zero attached hydrogens (tertiary/aromatic N) is 2. The van der Waals surface area contributed by atoms with Crippen LogP contribution in [0.2, 0.25) is 0 Å². The standard InChI is InChI=1S/C52H32N2O/c1-3-11-33(12-4-1)34-23-25-37(26-24-34)49-51-50(54-52(53-49)38-13-5-2-6-14-38)46-30-28-40(32-48(46)55-51)36-21-19-35(20-22-36)39-27-29-45-43-17-8-7-15-41(43)42-16-9-10-18-44(42)47(45)31-39/h1-32H. The third kappa shape index (κ3) is 5.28. The van der Waals surface area contributed by atoms with Crippen molar-refractivity contribution in [1.29, 1.82) is 0 Å². The van der Waals surface area contributed by atoms with Crippen molar-refractivity contribution in [2.75, 3.05) is 0 Å². The molecule has 0 bridgehead atoms. The summed E-state index contributed by atoms with van der Waals surface area (Å²) in [6.07, 6.45) is 0. The van der Waals surface area contributed by atoms with Crippen LogP contribution in [0.25, 0.3) is 110 Å². The maximum Gasteiger partial charge on any atom is 0.180 e. The fraction of sp³-hybridized carbons (Fsp3) is 0. The molecule has 0 aliphatic rings. The highest BCUT2D eigenvalue weighted by Crippen LogP contribution is 2.40. The average Bonchev–Trinajstić information content (AvgIpc) is 3.65. The molecule has 2 aromatic heterocycles. The Morgan fingerprint density at radius 2 is 0.709 bits per heavy atom. The molecule has 11 aromatic rings. The van der Waals surface area contributed by atoms with Gasteiger partial charge in [-0.15, -0.1) is 0 Å². The van der Waals surface area contributed by atoms with Gasteiger partial charge >= 0.3 is 0 Å². The Kier molecular flexibility index (Phi) is 7.17. The zero-order valence-corrected chi connectivity index (χ0v) is 29.8. The lowest BCUT2D eigenvalue weighted by atomic mass is 9.92. The topological polar surface area (TPSA) is 38.9 Å². The Balaban J connectivity index is 0.987. The third-order valence-electron chi connectivity index (χ3n) is 10.9. The molecule has 256 valence electrons. The second kappa shape index (κ2) is 12.6. The van der Waals surface area contributed by atoms with Gasteiger partial charge in [-0.25, -0.2) is 9.97 Å². The van der Waals surface area contributed by atoms with Gasteiger partial charge in [-0.2, -0.15) is 0 Å². The van der Waals surface area contributed by atoms with E-state index in [0.29, 0.717) is 11.4 Å². The summed E-state index contributed by atoms with van der Waals surface area (Å²) in [5.41, 5.74) is 11.9. The lowest BCUT2D eigenvalue weighted by Gasteiger charge is -2.12. The van der Waals surface area contributed by atoms with Crippen molar-refractivity contribution in [3.63, 3.8) is 0 Å². The summed E-state index contributed by atoms with van der Waals surface area (Å²) in [4.78, 5) is 10.2. The smallest absolute Gasteiger partial charge is 0.180 e. The highest BCUT2D eigenvalue weighted by molar-refractivity contribution is 6.25. The number of benzene rings is 9. The minimum Gasteiger partial charge on any atom is -0.452 e. The molecule has 0 unspecified atom stereocenters. The van der Waals surface area contributed by atoms with Crippen LogP contribution in [0.4, 0.5) is 0 Å². The number of fused-ring (bicyclic) bond motifs is 9. The molecular weight excluding hydrogens is 669 g/mol. The molecule has 0 fully saturated rings. The zero-order valence-electron chi connectivity index (χ0n) is 29.8. The molecule has 0 atom stereocenters. The van der Waals surface area contributed by atoms with Gasteiger partial charge in [-0.3, -0.25) is 0 Å². The number of hydrogen-bond donors (Lipinski definition) is 0. The molecule has 3 heteroatoms. The van der Waals surface area contributed by atoms with Gasteiger partial charge in [0, 0.05) is 16.5 Å². The zero-order chi connectivity index (χ0) is 36.3. The molecule has 2 heterocycles. The normalized spacial score (nSPS) is 11.6. The third-order valence-corrected chi connectivity index (χ3v) is 10.9. The summed E-state index contributed by atoms with van der Waals surface area (Å²) < 4.78 is 6.68. The van der Waals surface area contributed by atoms with Crippen molar-refractivity contribution in [2.24, 2.45) is 0 Å². The van der Waals surface area contributed by atoms with Gasteiger partial charge in [-0.05, 0) is 83.9 Å². The predicted octanol–water partition coefficient (Wildman–Crippen LogP) is 14.2. The van der Waals surface area contributed by atoms with Crippen LogP contribution in [0.15, 0.2) is 199 Å². The van der Waals surface area contributed by atoms with Crippen LogP contribution in [0.5, 0.6) is 0 Å². The van der Waals surface area contributed by atoms with E-state index in [1.165, 1.54) is 49.0 Å². The molecule has 0 aliphatic carbocycles. The average molecular weight is 701 g/mol. The first-order chi connectivity index (χ1) is 27.2. The SMILES string of the molecule is c1ccc(-c2ccc(-c3nc(-c4ccccc4)nc4c3oc3cc(-c5ccc(-c6ccc7c8ccccc8c8ccccc8c7c6)cc5)ccc34)cc2)cc1. The summed E-state index contributed by atoms with van der Waals surface area (Å²) in [7, 11) is 0. The predicted molar refractivity (Wildman–Crippen MR) is 229 cm³/mol. The Hall–Kier alpha value is -7.36. The summed E-state index contributed by atoms with van der Waals surface area (Å²) in [6.45, 7) is 0. The van der Waals surface area contributed by atoms with Crippen LogP contribution < -0.4 is 0 Å². The number of hydrogen-bond acceptors (Lipinski definition) is 3. The van der Waals surface area contributed by atoms with E-state index >= 15 is 0 Å². The van der Waals surface area contributed by atoms with E-state index in [1.807, 2.05) is 24.3 Å². The van der Waals surface area contributed by atoms with Crippen molar-refractivity contribution in [1.82, 2.24) is 9.97 Å². The maximum absolute atomic E-state index is 6.68. The van der Waals surface area contributed by atoms with Crippen molar-refractivity contribution >= 4 is 54.4 Å². The number of aromatic nitrogens is 2. The van der Waals surface area contributed by atoms with Gasteiger partial charge in [0.1, 0.15) is 16.8 Å². The highest BCUT2D eigenvalue weighted by atomic mass is 16.3. The first-order valence-electron chi connectivity index (χ1n) is 18.6. The minimum atomic E-state index is 0.674. The Morgan fingerprint density at radius 1 is 0.291 bits per heavy atom. The first kappa shape index (κ1) is 31.2. The van der Waals surface area contributed by atoms with Crippen molar-refractivity contribution < 1.29 is 4.42 Å². The molecule has 3 nitrogen and oxygen atoms in total. The van der Waals surface area contributed by atoms with Crippen LogP contribution in [-0.2, 0) is 0 Å². The molecule has 0 spiro atoms. The molecule has 0 saturated heterocycles. The second-order valence-corrected chi connectivity index (χ2v) is 14.1. The summed E-state index contributed by atoms with van der Waals surface area (Å²) in [6, 6.07) is 68.7. The second-order valence-electron chi connectivity index (χ2n) is 14.1. The van der Waals surface area contributed by atoms with E-state index in [1.54, 1.807) is 0 Å². The lowest BCUT2D eigenvalue weighted by molar-refractivity contribution is 0.667. The molecule has 11 rings (SSSR count). The van der Waals surface area contributed by atoms with E-state index in [-0.39, 0.29) is 0 Å². The van der Waals surface area contributed by atoms with Gasteiger partial charge in [0.2, 0.25) is 0 Å². The van der Waals surface area contributed by atoms with Gasteiger partial charge in [0.15, 0.2) is 11.4 Å². The van der Waals surface area contributed by atoms with Crippen LogP contribution in [0.1, 0.15) is 0 Å². The van der Waals surface area contributed by atoms with Crippen molar-refractivity contribution in [3.05, 3.63) is 194 Å². The van der Waals surface area contributed by atoms with E-state index in [9.17, 15) is 0 Å². The molecular formula is C52H32N2O. The monoisotopic (exact) mass is 700 g/mol. The molecule has 0 aliphatic heterocycles. The molecule has 0 radical (unpaired) electrons. The van der Waals surface area contributed by atoms with Crippen LogP contribution >= 0.6 is 0 Å². The molecule has 0 saturated carbocycles. The summed E-state index contributed by atoms with van der Waals surface area (Å²) >= 11 is 0. The molecule has 9 aromatic carbocycles. The van der Waals surface area contributed by atoms with E-state index in [4.69, 9.17) is 14.4 Å². The molecule has 0 N–H and O–H groups in total. The van der Waals surface area contributed by atoms with E-state index in [2.05, 4.69) is 170 Å². The van der Waals surface area contributed by atoms with Crippen LogP contribution in [0.3, 0.4) is 0 Å². The Bertz CT molecular complexity index is 3190. The van der Waals surface area contributed by atoms with Gasteiger partial charge in [0.05, 0.1) is 0 Å². The van der Waals surface area contributed by atoms with Crippen LogP contribution in [-0.4, -0.2) is 9.97 Å². The number of rotatable bonds is 5.